The van der Waals surface area contributed by atoms with Gasteiger partial charge < -0.3 is 9.47 Å². The zero-order chi connectivity index (χ0) is 37.2. The third kappa shape index (κ3) is 27.0. The molecule has 0 aliphatic rings. The van der Waals surface area contributed by atoms with Gasteiger partial charge in [0.1, 0.15) is 0 Å². The van der Waals surface area contributed by atoms with Crippen LogP contribution in [-0.4, -0.2) is 25.2 Å². The predicted molar refractivity (Wildman–Crippen MR) is 219 cm³/mol. The fourth-order valence-electron chi connectivity index (χ4n) is 6.91. The van der Waals surface area contributed by atoms with E-state index in [1.165, 1.54) is 108 Å². The summed E-state index contributed by atoms with van der Waals surface area (Å²) in [5.74, 6) is 0.411. The van der Waals surface area contributed by atoms with Crippen LogP contribution in [0.5, 0.6) is 0 Å². The number of benzene rings is 1. The Hall–Kier alpha value is -2.36. The summed E-state index contributed by atoms with van der Waals surface area (Å²) >= 11 is 0. The van der Waals surface area contributed by atoms with Gasteiger partial charge in [0, 0.05) is 0 Å². The molecule has 1 aromatic carbocycles. The van der Waals surface area contributed by atoms with Crippen LogP contribution in [0.2, 0.25) is 0 Å². The van der Waals surface area contributed by atoms with Gasteiger partial charge in [0.15, 0.2) is 0 Å². The number of allylic oxidation sites excluding steroid dienone is 2. The van der Waals surface area contributed by atoms with Crippen molar-refractivity contribution < 1.29 is 19.1 Å². The second-order valence-corrected chi connectivity index (χ2v) is 15.6. The summed E-state index contributed by atoms with van der Waals surface area (Å²) in [6, 6.07) is 8.41. The van der Waals surface area contributed by atoms with Crippen LogP contribution in [0.3, 0.4) is 0 Å². The van der Waals surface area contributed by atoms with E-state index in [0.29, 0.717) is 19.1 Å². The lowest BCUT2D eigenvalue weighted by molar-refractivity contribution is -0.149. The van der Waals surface area contributed by atoms with Crippen molar-refractivity contribution in [3.8, 4) is 0 Å². The number of unbranched alkanes of at least 4 members (excludes halogenated alkanes) is 21. The normalized spacial score (nSPS) is 11.9. The van der Waals surface area contributed by atoms with Crippen LogP contribution in [-0.2, 0) is 25.5 Å². The van der Waals surface area contributed by atoms with E-state index in [2.05, 4.69) is 51.3 Å². The second-order valence-electron chi connectivity index (χ2n) is 15.6. The van der Waals surface area contributed by atoms with Gasteiger partial charge in [-0.15, -0.1) is 13.2 Å². The zero-order valence-electron chi connectivity index (χ0n) is 33.7. The summed E-state index contributed by atoms with van der Waals surface area (Å²) in [4.78, 5) is 25.6. The molecule has 0 N–H and O–H groups in total. The molecule has 0 saturated carbocycles. The van der Waals surface area contributed by atoms with Crippen molar-refractivity contribution in [3.63, 3.8) is 0 Å². The van der Waals surface area contributed by atoms with Gasteiger partial charge in [0.05, 0.1) is 25.0 Å². The maximum atomic E-state index is 13.1. The van der Waals surface area contributed by atoms with E-state index in [1.807, 2.05) is 19.1 Å². The molecule has 51 heavy (non-hydrogen) atoms. The summed E-state index contributed by atoms with van der Waals surface area (Å²) in [6.07, 6.45) is 35.9. The first-order valence-corrected chi connectivity index (χ1v) is 21.5. The van der Waals surface area contributed by atoms with Crippen LogP contribution in [0.4, 0.5) is 0 Å². The van der Waals surface area contributed by atoms with Crippen molar-refractivity contribution in [2.75, 3.05) is 13.2 Å². The van der Waals surface area contributed by atoms with Crippen LogP contribution in [0.1, 0.15) is 205 Å². The van der Waals surface area contributed by atoms with Gasteiger partial charge in [-0.2, -0.15) is 0 Å². The minimum atomic E-state index is -0.224. The lowest BCUT2D eigenvalue weighted by Crippen LogP contribution is -2.18. The van der Waals surface area contributed by atoms with Crippen molar-refractivity contribution in [2.24, 2.45) is 11.8 Å². The molecule has 4 heteroatoms. The molecule has 1 atom stereocenters. The van der Waals surface area contributed by atoms with Crippen molar-refractivity contribution in [1.82, 2.24) is 0 Å². The smallest absolute Gasteiger partial charge is 0.313 e. The van der Waals surface area contributed by atoms with E-state index in [1.54, 1.807) is 0 Å². The van der Waals surface area contributed by atoms with E-state index in [-0.39, 0.29) is 23.8 Å². The molecular weight excluding hydrogens is 629 g/mol. The number of esters is 2. The molecular formula is C47H80O4. The van der Waals surface area contributed by atoms with Gasteiger partial charge in [0.25, 0.3) is 0 Å². The maximum absolute atomic E-state index is 13.1. The molecule has 0 aliphatic heterocycles. The van der Waals surface area contributed by atoms with Crippen LogP contribution >= 0.6 is 0 Å². The monoisotopic (exact) mass is 709 g/mol. The van der Waals surface area contributed by atoms with Crippen molar-refractivity contribution in [1.29, 1.82) is 0 Å². The zero-order valence-corrected chi connectivity index (χ0v) is 33.7. The molecule has 1 unspecified atom stereocenters. The Morgan fingerprint density at radius 2 is 0.902 bits per heavy atom. The van der Waals surface area contributed by atoms with Gasteiger partial charge in [-0.25, -0.2) is 0 Å². The van der Waals surface area contributed by atoms with Crippen molar-refractivity contribution >= 4 is 11.9 Å². The SMILES string of the molecule is C=CCCCCCCCCCC(CCCCCCCCCC=C)C(=O)OCCCCCCCCCCOC(=O)C(C)c1ccc(CC(C)C)cc1. The standard InChI is InChI=1S/C47H80O4/c1-6-8-10-12-14-16-20-24-28-32-45(33-29-25-21-17-15-13-11-9-7-2)47(49)51-39-31-27-23-19-18-22-26-30-38-50-46(48)42(5)44-36-34-43(35-37-44)40-41(3)4/h6-7,34-37,41-42,45H,1-2,8-33,38-40H2,3-5H3. The van der Waals surface area contributed by atoms with E-state index < -0.39 is 0 Å². The van der Waals surface area contributed by atoms with E-state index in [9.17, 15) is 9.59 Å². The quantitative estimate of drug-likeness (QED) is 0.0396. The van der Waals surface area contributed by atoms with Gasteiger partial charge in [-0.1, -0.05) is 166 Å². The maximum Gasteiger partial charge on any atom is 0.313 e. The fourth-order valence-corrected chi connectivity index (χ4v) is 6.91. The fraction of sp³-hybridized carbons (Fsp3) is 0.745. The van der Waals surface area contributed by atoms with E-state index in [0.717, 1.165) is 76.2 Å². The second kappa shape index (κ2) is 33.5. The molecule has 292 valence electrons. The first-order chi connectivity index (χ1) is 24.9. The number of hydrogen-bond acceptors (Lipinski definition) is 4. The van der Waals surface area contributed by atoms with Gasteiger partial charge in [-0.05, 0) is 81.8 Å². The highest BCUT2D eigenvalue weighted by molar-refractivity contribution is 5.77. The van der Waals surface area contributed by atoms with Gasteiger partial charge >= 0.3 is 11.9 Å². The third-order valence-electron chi connectivity index (χ3n) is 10.3. The highest BCUT2D eigenvalue weighted by Gasteiger charge is 2.19. The number of carbonyl (C=O) groups is 2. The Labute approximate surface area is 316 Å². The van der Waals surface area contributed by atoms with Crippen molar-refractivity contribution in [2.45, 2.75) is 200 Å². The topological polar surface area (TPSA) is 52.6 Å². The molecule has 0 heterocycles. The summed E-state index contributed by atoms with van der Waals surface area (Å²) in [7, 11) is 0. The Balaban J connectivity index is 2.16. The summed E-state index contributed by atoms with van der Waals surface area (Å²) in [6.45, 7) is 15.1. The average Bonchev–Trinajstić information content (AvgIpc) is 3.12. The predicted octanol–water partition coefficient (Wildman–Crippen LogP) is 14.2. The first kappa shape index (κ1) is 46.7. The molecule has 0 saturated heterocycles. The molecule has 1 aromatic rings. The number of ether oxygens (including phenoxy) is 2. The number of rotatable bonds is 36. The molecule has 0 fully saturated rings. The lowest BCUT2D eigenvalue weighted by atomic mass is 9.94. The molecule has 0 aromatic heterocycles. The molecule has 1 rings (SSSR count). The summed E-state index contributed by atoms with van der Waals surface area (Å²) in [5.41, 5.74) is 2.35. The third-order valence-corrected chi connectivity index (χ3v) is 10.3. The molecule has 4 nitrogen and oxygen atoms in total. The number of hydrogen-bond donors (Lipinski definition) is 0. The lowest BCUT2D eigenvalue weighted by Gasteiger charge is -2.16. The van der Waals surface area contributed by atoms with Crippen molar-refractivity contribution in [3.05, 3.63) is 60.7 Å². The Morgan fingerprint density at radius 3 is 1.31 bits per heavy atom. The molecule has 0 spiro atoms. The first-order valence-electron chi connectivity index (χ1n) is 21.5. The largest absolute Gasteiger partial charge is 0.465 e. The number of carbonyl (C=O) groups excluding carboxylic acids is 2. The Morgan fingerprint density at radius 1 is 0.529 bits per heavy atom. The van der Waals surface area contributed by atoms with Crippen LogP contribution in [0, 0.1) is 11.8 Å². The Kier molecular flexibility index (Phi) is 30.6. The average molecular weight is 709 g/mol. The van der Waals surface area contributed by atoms with E-state index >= 15 is 0 Å². The van der Waals surface area contributed by atoms with Crippen LogP contribution in [0.15, 0.2) is 49.6 Å². The minimum absolute atomic E-state index is 0.0542. The molecule has 0 amide bonds. The molecule has 0 radical (unpaired) electrons. The van der Waals surface area contributed by atoms with Crippen LogP contribution in [0.25, 0.3) is 0 Å². The molecule has 0 aliphatic carbocycles. The van der Waals surface area contributed by atoms with Gasteiger partial charge in [-0.3, -0.25) is 9.59 Å². The molecule has 0 bridgehead atoms. The van der Waals surface area contributed by atoms with Gasteiger partial charge in [0.2, 0.25) is 0 Å². The highest BCUT2D eigenvalue weighted by Crippen LogP contribution is 2.22. The van der Waals surface area contributed by atoms with Crippen LogP contribution < -0.4 is 0 Å². The highest BCUT2D eigenvalue weighted by atomic mass is 16.5. The van der Waals surface area contributed by atoms with E-state index in [4.69, 9.17) is 9.47 Å². The minimum Gasteiger partial charge on any atom is -0.465 e. The summed E-state index contributed by atoms with van der Waals surface area (Å²) in [5, 5.41) is 0. The Bertz CT molecular complexity index is 954. The summed E-state index contributed by atoms with van der Waals surface area (Å²) < 4.78 is 11.4.